The second-order valence-electron chi connectivity index (χ2n) is 4.53. The van der Waals surface area contributed by atoms with Gasteiger partial charge >= 0.3 is 0 Å². The van der Waals surface area contributed by atoms with Gasteiger partial charge in [0.2, 0.25) is 5.91 Å². The zero-order valence-corrected chi connectivity index (χ0v) is 11.9. The van der Waals surface area contributed by atoms with Crippen LogP contribution in [0.15, 0.2) is 18.6 Å². The van der Waals surface area contributed by atoms with Crippen molar-refractivity contribution < 1.29 is 9.53 Å². The molecule has 0 saturated heterocycles. The number of nitrogens with zero attached hydrogens (tertiary/aromatic N) is 3. The van der Waals surface area contributed by atoms with Crippen molar-refractivity contribution in [2.75, 3.05) is 25.6 Å². The number of pyridine rings is 1. The fourth-order valence-corrected chi connectivity index (χ4v) is 1.87. The van der Waals surface area contributed by atoms with Crippen LogP contribution in [0.4, 0.5) is 5.82 Å². The van der Waals surface area contributed by atoms with Crippen LogP contribution in [-0.4, -0.2) is 46.7 Å². The highest BCUT2D eigenvalue weighted by Gasteiger charge is 2.15. The third-order valence-corrected chi connectivity index (χ3v) is 2.99. The molecule has 0 radical (unpaired) electrons. The molecule has 7 nitrogen and oxygen atoms in total. The van der Waals surface area contributed by atoms with Gasteiger partial charge in [-0.15, -0.1) is 0 Å². The number of fused-ring (bicyclic) bond motifs is 1. The number of rotatable bonds is 6. The number of amides is 1. The van der Waals surface area contributed by atoms with Gasteiger partial charge in [-0.05, 0) is 13.0 Å². The molecule has 1 amide bonds. The molecule has 0 saturated carbocycles. The highest BCUT2D eigenvalue weighted by Crippen LogP contribution is 2.19. The Balaban J connectivity index is 2.06. The fourth-order valence-electron chi connectivity index (χ4n) is 1.87. The summed E-state index contributed by atoms with van der Waals surface area (Å²) in [6, 6.07) is 1.49. The van der Waals surface area contributed by atoms with E-state index in [2.05, 4.69) is 20.6 Å². The van der Waals surface area contributed by atoms with Crippen molar-refractivity contribution in [3.05, 3.63) is 18.6 Å². The second kappa shape index (κ2) is 6.33. The summed E-state index contributed by atoms with van der Waals surface area (Å²) in [6.45, 7) is 2.76. The lowest BCUT2D eigenvalue weighted by Crippen LogP contribution is -2.39. The molecule has 1 unspecified atom stereocenters. The van der Waals surface area contributed by atoms with Crippen molar-refractivity contribution in [2.24, 2.45) is 7.05 Å². The number of hydrogen-bond acceptors (Lipinski definition) is 5. The van der Waals surface area contributed by atoms with Gasteiger partial charge in [-0.25, -0.2) is 9.97 Å². The number of carbonyl (C=O) groups is 1. The maximum Gasteiger partial charge on any atom is 0.242 e. The summed E-state index contributed by atoms with van der Waals surface area (Å²) in [7, 11) is 3.51. The molecule has 108 valence electrons. The van der Waals surface area contributed by atoms with Crippen LogP contribution in [0.5, 0.6) is 0 Å². The Labute approximate surface area is 117 Å². The second-order valence-corrected chi connectivity index (χ2v) is 4.53. The summed E-state index contributed by atoms with van der Waals surface area (Å²) in [4.78, 5) is 20.4. The van der Waals surface area contributed by atoms with E-state index >= 15 is 0 Å². The summed E-state index contributed by atoms with van der Waals surface area (Å²) < 4.78 is 6.80. The molecule has 2 aromatic heterocycles. The minimum Gasteiger partial charge on any atom is -0.383 e. The first-order chi connectivity index (χ1) is 9.63. The standard InChI is InChI=1S/C13H19N5O2/c1-9(13(19)15-6-7-20-3)17-12-11-10(4-5-14-12)18(2)8-16-11/h4-5,8-9H,6-7H2,1-3H3,(H,14,17)(H,15,19). The summed E-state index contributed by atoms with van der Waals surface area (Å²) >= 11 is 0. The minimum atomic E-state index is -0.396. The number of aryl methyl sites for hydroxylation is 1. The molecule has 0 aliphatic carbocycles. The van der Waals surface area contributed by atoms with Gasteiger partial charge < -0.3 is 19.9 Å². The van der Waals surface area contributed by atoms with Crippen LogP contribution in [0.25, 0.3) is 11.0 Å². The summed E-state index contributed by atoms with van der Waals surface area (Å²) in [6.07, 6.45) is 3.42. The zero-order valence-electron chi connectivity index (χ0n) is 11.9. The quantitative estimate of drug-likeness (QED) is 0.753. The highest BCUT2D eigenvalue weighted by molar-refractivity contribution is 5.89. The smallest absolute Gasteiger partial charge is 0.242 e. The molecular formula is C13H19N5O2. The Morgan fingerprint density at radius 1 is 1.50 bits per heavy atom. The van der Waals surface area contributed by atoms with Gasteiger partial charge in [0.05, 0.1) is 18.5 Å². The number of carbonyl (C=O) groups excluding carboxylic acids is 1. The molecule has 0 aliphatic heterocycles. The number of aromatic nitrogens is 3. The van der Waals surface area contributed by atoms with Gasteiger partial charge in [0, 0.05) is 26.9 Å². The SMILES string of the molecule is COCCNC(=O)C(C)Nc1nccc2c1ncn2C. The minimum absolute atomic E-state index is 0.100. The molecule has 2 N–H and O–H groups in total. The molecular weight excluding hydrogens is 258 g/mol. The first-order valence-corrected chi connectivity index (χ1v) is 6.42. The van der Waals surface area contributed by atoms with Crippen molar-refractivity contribution in [3.63, 3.8) is 0 Å². The predicted octanol–water partition coefficient (Wildman–Crippen LogP) is 0.531. The van der Waals surface area contributed by atoms with Crippen LogP contribution in [0.3, 0.4) is 0 Å². The monoisotopic (exact) mass is 277 g/mol. The Bertz CT molecular complexity index is 595. The van der Waals surface area contributed by atoms with Crippen LogP contribution >= 0.6 is 0 Å². The fraction of sp³-hybridized carbons (Fsp3) is 0.462. The first-order valence-electron chi connectivity index (χ1n) is 6.42. The third-order valence-electron chi connectivity index (χ3n) is 2.99. The zero-order chi connectivity index (χ0) is 14.5. The van der Waals surface area contributed by atoms with E-state index in [0.717, 1.165) is 11.0 Å². The maximum atomic E-state index is 11.9. The van der Waals surface area contributed by atoms with Crippen molar-refractivity contribution >= 4 is 22.8 Å². The Morgan fingerprint density at radius 3 is 3.05 bits per heavy atom. The number of methoxy groups -OCH3 is 1. The molecule has 0 aromatic carbocycles. The normalized spacial score (nSPS) is 12.3. The van der Waals surface area contributed by atoms with Crippen LogP contribution in [0.1, 0.15) is 6.92 Å². The first kappa shape index (κ1) is 14.3. The lowest BCUT2D eigenvalue weighted by atomic mass is 10.3. The van der Waals surface area contributed by atoms with Gasteiger partial charge in [0.1, 0.15) is 11.6 Å². The molecule has 1 atom stereocenters. The number of nitrogens with one attached hydrogen (secondary N) is 2. The average Bonchev–Trinajstić information content (AvgIpc) is 2.82. The van der Waals surface area contributed by atoms with E-state index in [0.29, 0.717) is 19.0 Å². The molecule has 20 heavy (non-hydrogen) atoms. The van der Waals surface area contributed by atoms with E-state index in [9.17, 15) is 4.79 Å². The highest BCUT2D eigenvalue weighted by atomic mass is 16.5. The Morgan fingerprint density at radius 2 is 2.30 bits per heavy atom. The molecule has 2 rings (SSSR count). The molecule has 2 aromatic rings. The van der Waals surface area contributed by atoms with E-state index in [1.807, 2.05) is 17.7 Å². The molecule has 2 heterocycles. The summed E-state index contributed by atoms with van der Waals surface area (Å²) in [5, 5.41) is 5.86. The molecule has 0 fully saturated rings. The molecule has 0 aliphatic rings. The van der Waals surface area contributed by atoms with Crippen LogP contribution in [0, 0.1) is 0 Å². The van der Waals surface area contributed by atoms with E-state index in [1.54, 1.807) is 26.6 Å². The van der Waals surface area contributed by atoms with Crippen molar-refractivity contribution in [1.82, 2.24) is 19.9 Å². The van der Waals surface area contributed by atoms with Gasteiger partial charge in [-0.1, -0.05) is 0 Å². The lowest BCUT2D eigenvalue weighted by Gasteiger charge is -2.14. The number of hydrogen-bond donors (Lipinski definition) is 2. The van der Waals surface area contributed by atoms with E-state index in [4.69, 9.17) is 4.74 Å². The summed E-state index contributed by atoms with van der Waals surface area (Å²) in [5.41, 5.74) is 1.72. The van der Waals surface area contributed by atoms with Gasteiger partial charge in [-0.2, -0.15) is 0 Å². The van der Waals surface area contributed by atoms with E-state index in [-0.39, 0.29) is 5.91 Å². The van der Waals surface area contributed by atoms with Gasteiger partial charge in [0.25, 0.3) is 0 Å². The van der Waals surface area contributed by atoms with Gasteiger partial charge in [0.15, 0.2) is 5.82 Å². The average molecular weight is 277 g/mol. The molecule has 0 spiro atoms. The summed E-state index contributed by atoms with van der Waals surface area (Å²) in [5.74, 6) is 0.509. The molecule has 0 bridgehead atoms. The maximum absolute atomic E-state index is 11.9. The largest absolute Gasteiger partial charge is 0.383 e. The van der Waals surface area contributed by atoms with Crippen LogP contribution in [0.2, 0.25) is 0 Å². The Kier molecular flexibility index (Phi) is 4.52. The number of imidazole rings is 1. The Hall–Kier alpha value is -2.15. The van der Waals surface area contributed by atoms with Gasteiger partial charge in [-0.3, -0.25) is 4.79 Å². The van der Waals surface area contributed by atoms with E-state index in [1.165, 1.54) is 0 Å². The lowest BCUT2D eigenvalue weighted by molar-refractivity contribution is -0.121. The predicted molar refractivity (Wildman–Crippen MR) is 76.5 cm³/mol. The molecule has 7 heteroatoms. The van der Waals surface area contributed by atoms with Crippen molar-refractivity contribution in [1.29, 1.82) is 0 Å². The number of anilines is 1. The van der Waals surface area contributed by atoms with Crippen molar-refractivity contribution in [3.8, 4) is 0 Å². The number of ether oxygens (including phenoxy) is 1. The van der Waals surface area contributed by atoms with Crippen LogP contribution in [-0.2, 0) is 16.6 Å². The van der Waals surface area contributed by atoms with E-state index < -0.39 is 6.04 Å². The van der Waals surface area contributed by atoms with Crippen molar-refractivity contribution in [2.45, 2.75) is 13.0 Å². The topological polar surface area (TPSA) is 81.1 Å². The van der Waals surface area contributed by atoms with Crippen LogP contribution < -0.4 is 10.6 Å². The third kappa shape index (κ3) is 3.05.